The largest absolute Gasteiger partial charge is 0.573 e. The SMILES string of the molecule is Cc1nc(Oc2ccc(NC(=O)Nc3ccccc3OC(F)(F)F)cc2)cc(-n2cccn2)n1. The zero-order chi connectivity index (χ0) is 24.1. The van der Waals surface area contributed by atoms with E-state index >= 15 is 0 Å². The predicted molar refractivity (Wildman–Crippen MR) is 116 cm³/mol. The summed E-state index contributed by atoms with van der Waals surface area (Å²) in [4.78, 5) is 20.8. The van der Waals surface area contributed by atoms with E-state index in [2.05, 4.69) is 30.4 Å². The number of alkyl halides is 3. The normalized spacial score (nSPS) is 11.1. The maximum absolute atomic E-state index is 12.5. The van der Waals surface area contributed by atoms with Gasteiger partial charge < -0.3 is 20.1 Å². The smallest absolute Gasteiger partial charge is 0.439 e. The van der Waals surface area contributed by atoms with E-state index in [9.17, 15) is 18.0 Å². The van der Waals surface area contributed by atoms with Gasteiger partial charge in [-0.25, -0.2) is 14.5 Å². The minimum atomic E-state index is -4.88. The van der Waals surface area contributed by atoms with Crippen LogP contribution in [0.25, 0.3) is 5.82 Å². The number of carbonyl (C=O) groups is 1. The molecule has 9 nitrogen and oxygen atoms in total. The molecule has 34 heavy (non-hydrogen) atoms. The number of nitrogens with zero attached hydrogens (tertiary/aromatic N) is 4. The second-order valence-corrected chi connectivity index (χ2v) is 6.81. The molecule has 0 bridgehead atoms. The molecule has 12 heteroatoms. The van der Waals surface area contributed by atoms with Crippen LogP contribution in [0.2, 0.25) is 0 Å². The minimum absolute atomic E-state index is 0.135. The van der Waals surface area contributed by atoms with Gasteiger partial charge in [0.2, 0.25) is 5.88 Å². The second kappa shape index (κ2) is 9.48. The van der Waals surface area contributed by atoms with Crippen LogP contribution in [0.1, 0.15) is 5.82 Å². The molecular weight excluding hydrogens is 453 g/mol. The van der Waals surface area contributed by atoms with Crippen molar-refractivity contribution >= 4 is 17.4 Å². The van der Waals surface area contributed by atoms with Gasteiger partial charge in [-0.2, -0.15) is 10.1 Å². The van der Waals surface area contributed by atoms with Crippen molar-refractivity contribution in [3.05, 3.63) is 78.9 Å². The van der Waals surface area contributed by atoms with Gasteiger partial charge in [0.15, 0.2) is 11.6 Å². The van der Waals surface area contributed by atoms with E-state index in [4.69, 9.17) is 4.74 Å². The van der Waals surface area contributed by atoms with Gasteiger partial charge >= 0.3 is 12.4 Å². The maximum Gasteiger partial charge on any atom is 0.573 e. The summed E-state index contributed by atoms with van der Waals surface area (Å²) in [6, 6.07) is 14.2. The molecule has 2 aromatic heterocycles. The summed E-state index contributed by atoms with van der Waals surface area (Å²) in [6.45, 7) is 1.73. The Bertz CT molecular complexity index is 1280. The van der Waals surface area contributed by atoms with E-state index in [-0.39, 0.29) is 5.69 Å². The summed E-state index contributed by atoms with van der Waals surface area (Å²) in [5, 5.41) is 8.99. The van der Waals surface area contributed by atoms with E-state index < -0.39 is 18.1 Å². The van der Waals surface area contributed by atoms with Crippen molar-refractivity contribution in [1.82, 2.24) is 19.7 Å². The van der Waals surface area contributed by atoms with Gasteiger partial charge in [-0.1, -0.05) is 12.1 Å². The molecule has 0 unspecified atom stereocenters. The van der Waals surface area contributed by atoms with Crippen LogP contribution in [0.5, 0.6) is 17.4 Å². The van der Waals surface area contributed by atoms with Gasteiger partial charge in [0.1, 0.15) is 11.6 Å². The van der Waals surface area contributed by atoms with Crippen molar-refractivity contribution in [1.29, 1.82) is 0 Å². The molecule has 0 aliphatic rings. The Kier molecular flexibility index (Phi) is 6.30. The highest BCUT2D eigenvalue weighted by molar-refractivity contribution is 6.00. The molecule has 0 aliphatic carbocycles. The van der Waals surface area contributed by atoms with Crippen LogP contribution in [0.3, 0.4) is 0 Å². The first-order chi connectivity index (χ1) is 16.2. The Hall–Kier alpha value is -4.61. The number of hydrogen-bond acceptors (Lipinski definition) is 6. The predicted octanol–water partition coefficient (Wildman–Crippen LogP) is 5.31. The molecule has 0 saturated carbocycles. The molecule has 2 aromatic carbocycles. The number of carbonyl (C=O) groups excluding carboxylic acids is 1. The molecule has 4 rings (SSSR count). The molecule has 0 spiro atoms. The number of ether oxygens (including phenoxy) is 2. The van der Waals surface area contributed by atoms with E-state index in [1.807, 2.05) is 0 Å². The van der Waals surface area contributed by atoms with E-state index in [1.54, 1.807) is 60.4 Å². The molecule has 0 aliphatic heterocycles. The van der Waals surface area contributed by atoms with Crippen LogP contribution in [-0.2, 0) is 0 Å². The molecule has 0 saturated heterocycles. The summed E-state index contributed by atoms with van der Waals surface area (Å²) >= 11 is 0. The summed E-state index contributed by atoms with van der Waals surface area (Å²) in [7, 11) is 0. The third-order valence-electron chi connectivity index (χ3n) is 4.24. The Morgan fingerprint density at radius 2 is 1.76 bits per heavy atom. The number of halogens is 3. The fraction of sp³-hybridized carbons (Fsp3) is 0.0909. The number of aryl methyl sites for hydroxylation is 1. The lowest BCUT2D eigenvalue weighted by Crippen LogP contribution is -2.22. The molecule has 174 valence electrons. The molecule has 0 atom stereocenters. The van der Waals surface area contributed by atoms with E-state index in [1.165, 1.54) is 18.2 Å². The van der Waals surface area contributed by atoms with Crippen molar-refractivity contribution in [2.75, 3.05) is 10.6 Å². The molecule has 2 amide bonds. The van der Waals surface area contributed by atoms with Crippen LogP contribution in [0, 0.1) is 6.92 Å². The van der Waals surface area contributed by atoms with E-state index in [0.29, 0.717) is 29.0 Å². The lowest BCUT2D eigenvalue weighted by Gasteiger charge is -2.14. The summed E-state index contributed by atoms with van der Waals surface area (Å²) < 4.78 is 48.9. The number of amides is 2. The standard InChI is InChI=1S/C22H17F3N6O3/c1-14-27-19(31-12-4-11-26-31)13-20(28-14)33-16-9-7-15(8-10-16)29-21(32)30-17-5-2-3-6-18(17)34-22(23,24)25/h2-13H,1H3,(H2,29,30,32). The van der Waals surface area contributed by atoms with Crippen molar-refractivity contribution < 1.29 is 27.4 Å². The Balaban J connectivity index is 1.40. The van der Waals surface area contributed by atoms with Gasteiger partial charge in [0.05, 0.1) is 5.69 Å². The molecule has 2 N–H and O–H groups in total. The number of para-hydroxylation sites is 2. The minimum Gasteiger partial charge on any atom is -0.439 e. The van der Waals surface area contributed by atoms with Crippen molar-refractivity contribution in [3.63, 3.8) is 0 Å². The number of urea groups is 1. The van der Waals surface area contributed by atoms with Gasteiger partial charge in [-0.15, -0.1) is 13.2 Å². The highest BCUT2D eigenvalue weighted by Gasteiger charge is 2.32. The summed E-state index contributed by atoms with van der Waals surface area (Å²) in [5.74, 6) is 1.26. The fourth-order valence-electron chi connectivity index (χ4n) is 2.89. The monoisotopic (exact) mass is 470 g/mol. The first-order valence-corrected chi connectivity index (χ1v) is 9.81. The van der Waals surface area contributed by atoms with Crippen molar-refractivity contribution in [3.8, 4) is 23.2 Å². The lowest BCUT2D eigenvalue weighted by atomic mass is 10.3. The van der Waals surface area contributed by atoms with E-state index in [0.717, 1.165) is 6.07 Å². The molecule has 4 aromatic rings. The van der Waals surface area contributed by atoms with Crippen LogP contribution in [0.4, 0.5) is 29.3 Å². The van der Waals surface area contributed by atoms with Gasteiger partial charge in [0, 0.05) is 24.1 Å². The number of anilines is 2. The van der Waals surface area contributed by atoms with Crippen molar-refractivity contribution in [2.24, 2.45) is 0 Å². The maximum atomic E-state index is 12.5. The number of aromatic nitrogens is 4. The van der Waals surface area contributed by atoms with Crippen molar-refractivity contribution in [2.45, 2.75) is 13.3 Å². The number of benzene rings is 2. The molecule has 2 heterocycles. The van der Waals surface area contributed by atoms with Gasteiger partial charge in [-0.3, -0.25) is 0 Å². The number of nitrogens with one attached hydrogen (secondary N) is 2. The third-order valence-corrected chi connectivity index (χ3v) is 4.24. The third kappa shape index (κ3) is 6.00. The molecule has 0 fully saturated rings. The highest BCUT2D eigenvalue weighted by Crippen LogP contribution is 2.30. The lowest BCUT2D eigenvalue weighted by molar-refractivity contribution is -0.274. The molecular formula is C22H17F3N6O3. The zero-order valence-corrected chi connectivity index (χ0v) is 17.6. The zero-order valence-electron chi connectivity index (χ0n) is 17.6. The number of hydrogen-bond donors (Lipinski definition) is 2. The van der Waals surface area contributed by atoms with Crippen LogP contribution in [0.15, 0.2) is 73.1 Å². The first-order valence-electron chi connectivity index (χ1n) is 9.81. The first kappa shape index (κ1) is 22.6. The van der Waals surface area contributed by atoms with Gasteiger partial charge in [0.25, 0.3) is 0 Å². The second-order valence-electron chi connectivity index (χ2n) is 6.81. The topological polar surface area (TPSA) is 103 Å². The van der Waals surface area contributed by atoms with Crippen LogP contribution >= 0.6 is 0 Å². The van der Waals surface area contributed by atoms with Crippen LogP contribution < -0.4 is 20.1 Å². The Morgan fingerprint density at radius 1 is 1.00 bits per heavy atom. The fourth-order valence-corrected chi connectivity index (χ4v) is 2.89. The highest BCUT2D eigenvalue weighted by atomic mass is 19.4. The summed E-state index contributed by atoms with van der Waals surface area (Å²) in [5.41, 5.74) is 0.250. The summed E-state index contributed by atoms with van der Waals surface area (Å²) in [6.07, 6.45) is -1.52. The average molecular weight is 470 g/mol. The molecule has 0 radical (unpaired) electrons. The van der Waals surface area contributed by atoms with Crippen LogP contribution in [-0.4, -0.2) is 32.1 Å². The Labute approximate surface area is 191 Å². The number of rotatable bonds is 6. The van der Waals surface area contributed by atoms with Gasteiger partial charge in [-0.05, 0) is 49.4 Å². The average Bonchev–Trinajstić information content (AvgIpc) is 3.30. The quantitative estimate of drug-likeness (QED) is 0.396. The Morgan fingerprint density at radius 3 is 2.47 bits per heavy atom.